The fourth-order valence-electron chi connectivity index (χ4n) is 7.59. The fraction of sp³-hybridized carbons (Fsp3) is 0.311. The molecule has 314 valence electrons. The van der Waals surface area contributed by atoms with Crippen molar-refractivity contribution in [3.05, 3.63) is 153 Å². The van der Waals surface area contributed by atoms with Crippen molar-refractivity contribution in [1.82, 2.24) is 19.3 Å². The van der Waals surface area contributed by atoms with E-state index in [-0.39, 0.29) is 50.9 Å². The van der Waals surface area contributed by atoms with Crippen molar-refractivity contribution in [1.29, 1.82) is 0 Å². The Bertz CT molecular complexity index is 2580. The van der Waals surface area contributed by atoms with Gasteiger partial charge in [-0.15, -0.1) is 5.10 Å². The summed E-state index contributed by atoms with van der Waals surface area (Å²) in [7, 11) is -4.16. The smallest absolute Gasteiger partial charge is 0.416 e. The van der Waals surface area contributed by atoms with Gasteiger partial charge in [0.1, 0.15) is 23.6 Å². The summed E-state index contributed by atoms with van der Waals surface area (Å²) in [5.74, 6) is -0.444. The largest absolute Gasteiger partial charge is 0.489 e. The van der Waals surface area contributed by atoms with Gasteiger partial charge in [0.15, 0.2) is 0 Å². The van der Waals surface area contributed by atoms with Gasteiger partial charge in [-0.05, 0) is 103 Å². The standard InChI is InChI=1S/C45H45F3N4O7S/c1-4-57-43(54)24-40(39-17-18-41-44(30(39)3)49-50-52(41)27-34(20-21-53)32-12-14-37(15-13-32)45(46,47)48)33-11-10-29(2)35(22-33)25-51-26-36-23-38(16-19-42(36)59-60(51,55)56)58-28-31-8-6-5-7-9-31/h5-19,22-23,34,40,53H,4,20-21,24-28H2,1-3H3. The van der Waals surface area contributed by atoms with Gasteiger partial charge in [-0.2, -0.15) is 25.9 Å². The third kappa shape index (κ3) is 9.48. The molecule has 1 aliphatic rings. The second kappa shape index (κ2) is 17.8. The number of aliphatic hydroxyl groups is 1. The molecule has 6 aromatic rings. The van der Waals surface area contributed by atoms with E-state index in [1.807, 2.05) is 74.5 Å². The van der Waals surface area contributed by atoms with Gasteiger partial charge in [0.05, 0.1) is 30.7 Å². The summed E-state index contributed by atoms with van der Waals surface area (Å²) >= 11 is 0. The topological polar surface area (TPSA) is 133 Å². The molecule has 0 aliphatic carbocycles. The highest BCUT2D eigenvalue weighted by Crippen LogP contribution is 2.38. The molecule has 0 amide bonds. The molecule has 60 heavy (non-hydrogen) atoms. The summed E-state index contributed by atoms with van der Waals surface area (Å²) in [5, 5.41) is 18.7. The van der Waals surface area contributed by atoms with Crippen LogP contribution in [-0.2, 0) is 52.3 Å². The number of carbonyl (C=O) groups excluding carboxylic acids is 1. The second-order valence-electron chi connectivity index (χ2n) is 14.8. The molecule has 15 heteroatoms. The average Bonchev–Trinajstić information content (AvgIpc) is 3.64. The lowest BCUT2D eigenvalue weighted by atomic mass is 9.84. The van der Waals surface area contributed by atoms with Crippen LogP contribution in [0.4, 0.5) is 13.2 Å². The summed E-state index contributed by atoms with van der Waals surface area (Å²) in [6.45, 7) is 6.20. The van der Waals surface area contributed by atoms with E-state index in [2.05, 4.69) is 10.3 Å². The number of esters is 1. The van der Waals surface area contributed by atoms with Crippen molar-refractivity contribution >= 4 is 27.3 Å². The molecular formula is C45H45F3N4O7S. The van der Waals surface area contributed by atoms with Gasteiger partial charge in [-0.1, -0.05) is 71.9 Å². The van der Waals surface area contributed by atoms with Crippen LogP contribution in [0.3, 0.4) is 0 Å². The number of aromatic nitrogens is 3. The highest BCUT2D eigenvalue weighted by Gasteiger charge is 2.33. The fourth-order valence-corrected chi connectivity index (χ4v) is 8.68. The van der Waals surface area contributed by atoms with E-state index in [0.717, 1.165) is 45.5 Å². The first-order valence-electron chi connectivity index (χ1n) is 19.6. The zero-order valence-electron chi connectivity index (χ0n) is 33.4. The molecular weight excluding hydrogens is 798 g/mol. The van der Waals surface area contributed by atoms with Gasteiger partial charge in [0, 0.05) is 37.1 Å². The first kappa shape index (κ1) is 42.4. The number of rotatable bonds is 15. The molecule has 1 aliphatic heterocycles. The van der Waals surface area contributed by atoms with Crippen LogP contribution in [0.5, 0.6) is 11.5 Å². The zero-order valence-corrected chi connectivity index (χ0v) is 34.2. The van der Waals surface area contributed by atoms with Crippen molar-refractivity contribution in [2.24, 2.45) is 0 Å². The number of hydrogen-bond donors (Lipinski definition) is 1. The summed E-state index contributed by atoms with van der Waals surface area (Å²) in [4.78, 5) is 13.1. The van der Waals surface area contributed by atoms with Crippen molar-refractivity contribution in [3.63, 3.8) is 0 Å². The molecule has 0 saturated carbocycles. The number of halogens is 3. The van der Waals surface area contributed by atoms with Gasteiger partial charge in [0.25, 0.3) is 0 Å². The number of nitrogens with zero attached hydrogens (tertiary/aromatic N) is 4. The SMILES string of the molecule is CCOC(=O)CC(c1ccc(C)c(CN2Cc3cc(OCc4ccccc4)ccc3OS2(=O)=O)c1)c1ccc2c(nnn2CC(CCO)c2ccc(C(F)(F)F)cc2)c1C. The Balaban J connectivity index is 1.16. The molecule has 5 aromatic carbocycles. The monoisotopic (exact) mass is 842 g/mol. The van der Waals surface area contributed by atoms with E-state index in [1.165, 1.54) is 16.4 Å². The minimum atomic E-state index is -4.46. The molecule has 2 heterocycles. The lowest BCUT2D eigenvalue weighted by molar-refractivity contribution is -0.143. The van der Waals surface area contributed by atoms with Crippen molar-refractivity contribution in [2.45, 2.75) is 77.9 Å². The molecule has 0 radical (unpaired) electrons. The predicted molar refractivity (Wildman–Crippen MR) is 218 cm³/mol. The number of carbonyl (C=O) groups is 1. The number of benzene rings is 5. The van der Waals surface area contributed by atoms with Crippen molar-refractivity contribution in [2.75, 3.05) is 13.2 Å². The highest BCUT2D eigenvalue weighted by atomic mass is 32.2. The third-order valence-corrected chi connectivity index (χ3v) is 12.2. The summed E-state index contributed by atoms with van der Waals surface area (Å²) in [5.41, 5.74) is 6.65. The Kier molecular flexibility index (Phi) is 12.6. The van der Waals surface area contributed by atoms with E-state index < -0.39 is 33.9 Å². The van der Waals surface area contributed by atoms with Crippen LogP contribution in [-0.4, -0.2) is 52.0 Å². The number of ether oxygens (including phenoxy) is 2. The molecule has 0 spiro atoms. The number of alkyl halides is 3. The second-order valence-corrected chi connectivity index (χ2v) is 16.4. The summed E-state index contributed by atoms with van der Waals surface area (Å²) in [6, 6.07) is 29.2. The molecule has 2 unspecified atom stereocenters. The lowest BCUT2D eigenvalue weighted by Crippen LogP contribution is -2.37. The maximum absolute atomic E-state index is 13.5. The average molecular weight is 843 g/mol. The van der Waals surface area contributed by atoms with E-state index >= 15 is 0 Å². The normalized spacial score (nSPS) is 14.9. The number of aryl methyl sites for hydroxylation is 2. The Hall–Kier alpha value is -5.77. The van der Waals surface area contributed by atoms with Crippen LogP contribution in [0.25, 0.3) is 11.0 Å². The number of hydrogen-bond acceptors (Lipinski definition) is 9. The van der Waals surface area contributed by atoms with Gasteiger partial charge in [0.2, 0.25) is 0 Å². The Morgan fingerprint density at radius 2 is 1.70 bits per heavy atom. The number of aliphatic hydroxyl groups excluding tert-OH is 1. The summed E-state index contributed by atoms with van der Waals surface area (Å²) < 4.78 is 86.6. The molecule has 2 atom stereocenters. The van der Waals surface area contributed by atoms with Gasteiger partial charge in [-0.25, -0.2) is 4.68 Å². The van der Waals surface area contributed by atoms with Crippen LogP contribution in [0.15, 0.2) is 103 Å². The summed E-state index contributed by atoms with van der Waals surface area (Å²) in [6.07, 6.45) is -4.18. The van der Waals surface area contributed by atoms with Crippen LogP contribution >= 0.6 is 0 Å². The molecule has 1 N–H and O–H groups in total. The van der Waals surface area contributed by atoms with Gasteiger partial charge >= 0.3 is 22.4 Å². The highest BCUT2D eigenvalue weighted by molar-refractivity contribution is 7.84. The third-order valence-electron chi connectivity index (χ3n) is 10.9. The van der Waals surface area contributed by atoms with Crippen molar-refractivity contribution < 1.29 is 45.1 Å². The van der Waals surface area contributed by atoms with E-state index in [1.54, 1.807) is 29.8 Å². The molecule has 1 aromatic heterocycles. The Morgan fingerprint density at radius 3 is 2.42 bits per heavy atom. The minimum Gasteiger partial charge on any atom is -0.489 e. The molecule has 0 fully saturated rings. The van der Waals surface area contributed by atoms with Crippen LogP contribution in [0, 0.1) is 13.8 Å². The van der Waals surface area contributed by atoms with Gasteiger partial charge < -0.3 is 18.8 Å². The maximum atomic E-state index is 13.5. The first-order valence-corrected chi connectivity index (χ1v) is 21.0. The lowest BCUT2D eigenvalue weighted by Gasteiger charge is -2.29. The minimum absolute atomic E-state index is 0.00293. The maximum Gasteiger partial charge on any atom is 0.416 e. The van der Waals surface area contributed by atoms with E-state index in [9.17, 15) is 31.5 Å². The molecule has 7 rings (SSSR count). The van der Waals surface area contributed by atoms with Gasteiger partial charge in [-0.3, -0.25) is 4.79 Å². The zero-order chi connectivity index (χ0) is 42.6. The number of fused-ring (bicyclic) bond motifs is 2. The van der Waals surface area contributed by atoms with Crippen LogP contribution < -0.4 is 8.92 Å². The Labute approximate surface area is 346 Å². The van der Waals surface area contributed by atoms with Crippen LogP contribution in [0.2, 0.25) is 0 Å². The van der Waals surface area contributed by atoms with E-state index in [4.69, 9.17) is 13.7 Å². The first-order chi connectivity index (χ1) is 28.7. The molecule has 0 bridgehead atoms. The van der Waals surface area contributed by atoms with Crippen molar-refractivity contribution in [3.8, 4) is 11.5 Å². The van der Waals surface area contributed by atoms with E-state index in [0.29, 0.717) is 40.9 Å². The predicted octanol–water partition coefficient (Wildman–Crippen LogP) is 8.54. The van der Waals surface area contributed by atoms with Crippen LogP contribution in [0.1, 0.15) is 81.7 Å². The molecule has 11 nitrogen and oxygen atoms in total. The Morgan fingerprint density at radius 1 is 0.950 bits per heavy atom. The quantitative estimate of drug-likeness (QED) is 0.101. The molecule has 0 saturated heterocycles.